The lowest BCUT2D eigenvalue weighted by molar-refractivity contribution is 0.318. The molecule has 2 aliphatic heterocycles. The molecule has 0 aromatic carbocycles. The first-order chi connectivity index (χ1) is 12.8. The van der Waals surface area contributed by atoms with E-state index in [0.29, 0.717) is 11.7 Å². The third-order valence-corrected chi connectivity index (χ3v) is 4.87. The van der Waals surface area contributed by atoms with Crippen LogP contribution in [-0.2, 0) is 0 Å². The Bertz CT molecular complexity index is 804. The van der Waals surface area contributed by atoms with Crippen LogP contribution in [0.15, 0.2) is 48.0 Å². The number of hydrogen-bond acceptors (Lipinski definition) is 6. The fourth-order valence-corrected chi connectivity index (χ4v) is 3.35. The molecule has 0 spiro atoms. The molecule has 1 fully saturated rings. The quantitative estimate of drug-likeness (QED) is 0.639. The number of thiocarbonyl (C=S) groups is 1. The summed E-state index contributed by atoms with van der Waals surface area (Å²) < 4.78 is 5.61. The Morgan fingerprint density at radius 1 is 1.12 bits per heavy atom. The number of anilines is 1. The lowest BCUT2D eigenvalue weighted by Crippen LogP contribution is -2.51. The summed E-state index contributed by atoms with van der Waals surface area (Å²) >= 11 is 5.52. The number of hydrogen-bond donors (Lipinski definition) is 1. The van der Waals surface area contributed by atoms with E-state index in [-0.39, 0.29) is 0 Å². The van der Waals surface area contributed by atoms with Gasteiger partial charge in [-0.05, 0) is 36.5 Å². The summed E-state index contributed by atoms with van der Waals surface area (Å²) in [6, 6.07) is 7.84. The van der Waals surface area contributed by atoms with Gasteiger partial charge in [-0.1, -0.05) is 0 Å². The first-order valence-corrected chi connectivity index (χ1v) is 9.07. The fraction of sp³-hybridized carbons (Fsp3) is 0.333. The van der Waals surface area contributed by atoms with Gasteiger partial charge in [0.15, 0.2) is 5.11 Å². The Morgan fingerprint density at radius 2 is 1.92 bits per heavy atom. The summed E-state index contributed by atoms with van der Waals surface area (Å²) in [4.78, 5) is 12.9. The van der Waals surface area contributed by atoms with Gasteiger partial charge in [-0.15, -0.1) is 0 Å². The van der Waals surface area contributed by atoms with E-state index < -0.39 is 0 Å². The molecule has 2 aliphatic rings. The van der Waals surface area contributed by atoms with Crippen LogP contribution < -0.4 is 15.1 Å². The summed E-state index contributed by atoms with van der Waals surface area (Å²) in [6.07, 6.45) is 6.11. The lowest BCUT2D eigenvalue weighted by Gasteiger charge is -2.36. The molecule has 1 saturated heterocycles. The van der Waals surface area contributed by atoms with Crippen molar-refractivity contribution in [3.8, 4) is 5.75 Å². The predicted octanol–water partition coefficient (Wildman–Crippen LogP) is 1.66. The molecule has 4 heterocycles. The van der Waals surface area contributed by atoms with Crippen molar-refractivity contribution < 1.29 is 4.74 Å². The van der Waals surface area contributed by atoms with Crippen molar-refractivity contribution in [1.82, 2.24) is 20.3 Å². The first kappa shape index (κ1) is 16.7. The molecule has 2 aromatic rings. The topological polar surface area (TPSA) is 65.9 Å². The summed E-state index contributed by atoms with van der Waals surface area (Å²) in [5, 5.41) is 5.15. The molecular formula is C18H20N6OS. The molecule has 0 radical (unpaired) electrons. The van der Waals surface area contributed by atoms with Gasteiger partial charge in [0.1, 0.15) is 11.4 Å². The molecule has 0 aliphatic carbocycles. The monoisotopic (exact) mass is 368 g/mol. The van der Waals surface area contributed by atoms with Crippen LogP contribution in [0.5, 0.6) is 5.75 Å². The molecule has 4 rings (SSSR count). The molecular weight excluding hydrogens is 348 g/mol. The standard InChI is InChI=1S/C18H20N6OS/c26-18(22-21-15-5-13-25-16-2-1-6-20-17(15)16)24-11-9-23(10-12-24)14-3-7-19-8-4-14/h1-4,6-8H,5,9-13H2,(H,22,26)/b21-15-. The zero-order chi connectivity index (χ0) is 17.8. The van der Waals surface area contributed by atoms with E-state index in [0.717, 1.165) is 49.8 Å². The van der Waals surface area contributed by atoms with Gasteiger partial charge in [0.2, 0.25) is 0 Å². The van der Waals surface area contributed by atoms with Crippen LogP contribution >= 0.6 is 12.2 Å². The number of nitrogens with zero attached hydrogens (tertiary/aromatic N) is 5. The Balaban J connectivity index is 1.35. The van der Waals surface area contributed by atoms with Crippen LogP contribution in [0.2, 0.25) is 0 Å². The second kappa shape index (κ2) is 7.65. The zero-order valence-corrected chi connectivity index (χ0v) is 15.2. The minimum absolute atomic E-state index is 0.608. The van der Waals surface area contributed by atoms with Crippen molar-refractivity contribution in [2.75, 3.05) is 37.7 Å². The van der Waals surface area contributed by atoms with Crippen LogP contribution in [0.3, 0.4) is 0 Å². The largest absolute Gasteiger partial charge is 0.491 e. The van der Waals surface area contributed by atoms with E-state index in [2.05, 4.69) is 30.3 Å². The highest BCUT2D eigenvalue weighted by Gasteiger charge is 2.21. The molecule has 26 heavy (non-hydrogen) atoms. The summed E-state index contributed by atoms with van der Waals surface area (Å²) in [7, 11) is 0. The van der Waals surface area contributed by atoms with Crippen molar-refractivity contribution in [2.24, 2.45) is 5.10 Å². The Kier molecular flexibility index (Phi) is 4.92. The van der Waals surface area contributed by atoms with Crippen LogP contribution in [0.1, 0.15) is 12.1 Å². The molecule has 0 saturated carbocycles. The van der Waals surface area contributed by atoms with Gasteiger partial charge in [-0.25, -0.2) is 0 Å². The number of piperazine rings is 1. The molecule has 0 unspecified atom stereocenters. The Hall–Kier alpha value is -2.74. The van der Waals surface area contributed by atoms with Gasteiger partial charge in [-0.3, -0.25) is 15.4 Å². The van der Waals surface area contributed by atoms with Crippen molar-refractivity contribution in [1.29, 1.82) is 0 Å². The van der Waals surface area contributed by atoms with Gasteiger partial charge >= 0.3 is 0 Å². The average molecular weight is 368 g/mol. The highest BCUT2D eigenvalue weighted by atomic mass is 32.1. The smallest absolute Gasteiger partial charge is 0.189 e. The first-order valence-electron chi connectivity index (χ1n) is 8.66. The predicted molar refractivity (Wildman–Crippen MR) is 105 cm³/mol. The maximum Gasteiger partial charge on any atom is 0.189 e. The number of ether oxygens (including phenoxy) is 1. The van der Waals surface area contributed by atoms with Crippen LogP contribution in [-0.4, -0.2) is 58.5 Å². The highest BCUT2D eigenvalue weighted by Crippen LogP contribution is 2.22. The van der Waals surface area contributed by atoms with E-state index in [1.54, 1.807) is 6.20 Å². The van der Waals surface area contributed by atoms with Gasteiger partial charge in [0.05, 0.1) is 12.3 Å². The van der Waals surface area contributed by atoms with E-state index in [1.807, 2.05) is 36.7 Å². The minimum Gasteiger partial charge on any atom is -0.491 e. The fourth-order valence-electron chi connectivity index (χ4n) is 3.12. The van der Waals surface area contributed by atoms with Crippen molar-refractivity contribution in [3.05, 3.63) is 48.5 Å². The number of fused-ring (bicyclic) bond motifs is 1. The molecule has 0 amide bonds. The summed E-state index contributed by atoms with van der Waals surface area (Å²) in [6.45, 7) is 4.16. The molecule has 0 bridgehead atoms. The number of hydrazone groups is 1. The van der Waals surface area contributed by atoms with E-state index in [1.165, 1.54) is 5.69 Å². The van der Waals surface area contributed by atoms with Crippen molar-refractivity contribution in [2.45, 2.75) is 6.42 Å². The van der Waals surface area contributed by atoms with Crippen LogP contribution in [0, 0.1) is 0 Å². The summed E-state index contributed by atoms with van der Waals surface area (Å²) in [5.74, 6) is 0.774. The third kappa shape index (κ3) is 3.60. The van der Waals surface area contributed by atoms with Crippen LogP contribution in [0.4, 0.5) is 5.69 Å². The van der Waals surface area contributed by atoms with Gasteiger partial charge in [0.25, 0.3) is 0 Å². The van der Waals surface area contributed by atoms with Gasteiger partial charge in [-0.2, -0.15) is 5.10 Å². The number of nitrogens with one attached hydrogen (secondary N) is 1. The summed E-state index contributed by atoms with van der Waals surface area (Å²) in [5.41, 5.74) is 5.90. The Labute approximate surface area is 157 Å². The molecule has 0 atom stereocenters. The van der Waals surface area contributed by atoms with Crippen molar-refractivity contribution >= 4 is 28.7 Å². The normalized spacial score (nSPS) is 18.2. The minimum atomic E-state index is 0.608. The molecule has 7 nitrogen and oxygen atoms in total. The zero-order valence-electron chi connectivity index (χ0n) is 14.3. The number of rotatable bonds is 2. The molecule has 1 N–H and O–H groups in total. The maximum atomic E-state index is 5.61. The second-order valence-corrected chi connectivity index (χ2v) is 6.49. The number of pyridine rings is 2. The van der Waals surface area contributed by atoms with Gasteiger partial charge < -0.3 is 14.5 Å². The highest BCUT2D eigenvalue weighted by molar-refractivity contribution is 7.80. The SMILES string of the molecule is S=C(N/N=C1/CCOc2cccnc21)N1CCN(c2ccncc2)CC1. The van der Waals surface area contributed by atoms with Crippen LogP contribution in [0.25, 0.3) is 0 Å². The van der Waals surface area contributed by atoms with Crippen molar-refractivity contribution in [3.63, 3.8) is 0 Å². The Morgan fingerprint density at radius 3 is 2.73 bits per heavy atom. The van der Waals surface area contributed by atoms with E-state index >= 15 is 0 Å². The lowest BCUT2D eigenvalue weighted by atomic mass is 10.1. The average Bonchev–Trinajstić information content (AvgIpc) is 2.73. The number of aromatic nitrogens is 2. The van der Waals surface area contributed by atoms with E-state index in [9.17, 15) is 0 Å². The maximum absolute atomic E-state index is 5.61. The molecule has 134 valence electrons. The second-order valence-electron chi connectivity index (χ2n) is 6.10. The molecule has 2 aromatic heterocycles. The van der Waals surface area contributed by atoms with Gasteiger partial charge in [0, 0.05) is 56.9 Å². The van der Waals surface area contributed by atoms with E-state index in [4.69, 9.17) is 17.0 Å². The molecule has 8 heteroatoms. The third-order valence-electron chi connectivity index (χ3n) is 4.52.